The van der Waals surface area contributed by atoms with Crippen molar-refractivity contribution in [2.45, 2.75) is 19.9 Å². The van der Waals surface area contributed by atoms with E-state index in [1.807, 2.05) is 18.2 Å². The molecule has 0 amide bonds. The highest BCUT2D eigenvalue weighted by molar-refractivity contribution is 5.96. The third kappa shape index (κ3) is 5.86. The molecule has 1 rings (SSSR count). The number of nitrogens with two attached hydrogens (primary N) is 2. The lowest BCUT2D eigenvalue weighted by atomic mass is 10.1. The summed E-state index contributed by atoms with van der Waals surface area (Å²) in [6.07, 6.45) is 0. The molecule has 1 atom stereocenters. The normalized spacial score (nSPS) is 12.6. The van der Waals surface area contributed by atoms with E-state index in [2.05, 4.69) is 5.16 Å². The number of benzene rings is 1. The van der Waals surface area contributed by atoms with Crippen LogP contribution < -0.4 is 11.5 Å². The predicted molar refractivity (Wildman–Crippen MR) is 69.4 cm³/mol. The van der Waals surface area contributed by atoms with E-state index in [0.717, 1.165) is 5.56 Å². The second kappa shape index (κ2) is 8.08. The summed E-state index contributed by atoms with van der Waals surface area (Å²) in [5.74, 6) is -0.770. The van der Waals surface area contributed by atoms with Gasteiger partial charge in [-0.1, -0.05) is 49.3 Å². The van der Waals surface area contributed by atoms with Crippen LogP contribution in [0.4, 0.5) is 0 Å². The van der Waals surface area contributed by atoms with Gasteiger partial charge in [0, 0.05) is 5.56 Å². The third-order valence-corrected chi connectivity index (χ3v) is 2.18. The topological polar surface area (TPSA) is 122 Å². The number of nitrogens with zero attached hydrogens (tertiary/aromatic N) is 1. The molecule has 0 bridgehead atoms. The Hall–Kier alpha value is -2.08. The summed E-state index contributed by atoms with van der Waals surface area (Å²) in [5.41, 5.74) is 11.2. The number of hydrogen-bond acceptors (Lipinski definition) is 4. The first kappa shape index (κ1) is 15.9. The molecule has 6 heteroatoms. The summed E-state index contributed by atoms with van der Waals surface area (Å²) >= 11 is 0. The molecule has 0 aliphatic heterocycles. The van der Waals surface area contributed by atoms with Crippen LogP contribution in [-0.4, -0.2) is 28.2 Å². The van der Waals surface area contributed by atoms with Crippen LogP contribution in [0.2, 0.25) is 0 Å². The molecule has 0 aliphatic rings. The van der Waals surface area contributed by atoms with Gasteiger partial charge in [-0.2, -0.15) is 0 Å². The van der Waals surface area contributed by atoms with Gasteiger partial charge in [0.05, 0.1) is 0 Å². The van der Waals surface area contributed by atoms with Gasteiger partial charge in [0.15, 0.2) is 5.84 Å². The van der Waals surface area contributed by atoms with Crippen LogP contribution in [0.25, 0.3) is 0 Å². The SMILES string of the molecule is CC(C)C(N)C(=O)O.NC(=NO)c1ccccc1. The van der Waals surface area contributed by atoms with E-state index in [0.29, 0.717) is 0 Å². The Bertz CT molecular complexity index is 391. The van der Waals surface area contributed by atoms with Crippen molar-refractivity contribution in [2.24, 2.45) is 22.5 Å². The van der Waals surface area contributed by atoms with Crippen LogP contribution in [0.5, 0.6) is 0 Å². The van der Waals surface area contributed by atoms with E-state index < -0.39 is 12.0 Å². The largest absolute Gasteiger partial charge is 0.480 e. The van der Waals surface area contributed by atoms with E-state index in [9.17, 15) is 4.79 Å². The van der Waals surface area contributed by atoms with Crippen LogP contribution >= 0.6 is 0 Å². The van der Waals surface area contributed by atoms with Crippen molar-refractivity contribution in [1.29, 1.82) is 0 Å². The maximum atomic E-state index is 10.0. The van der Waals surface area contributed by atoms with Crippen LogP contribution in [0, 0.1) is 5.92 Å². The molecule has 0 aliphatic carbocycles. The monoisotopic (exact) mass is 253 g/mol. The number of amidine groups is 1. The van der Waals surface area contributed by atoms with Crippen molar-refractivity contribution >= 4 is 11.8 Å². The zero-order valence-electron chi connectivity index (χ0n) is 10.4. The molecule has 1 aromatic rings. The van der Waals surface area contributed by atoms with Gasteiger partial charge in [0.1, 0.15) is 6.04 Å². The highest BCUT2D eigenvalue weighted by atomic mass is 16.4. The molecular weight excluding hydrogens is 234 g/mol. The van der Waals surface area contributed by atoms with E-state index in [4.69, 9.17) is 21.8 Å². The van der Waals surface area contributed by atoms with Crippen molar-refractivity contribution in [3.05, 3.63) is 35.9 Å². The molecule has 6 nitrogen and oxygen atoms in total. The maximum absolute atomic E-state index is 10.0. The molecule has 0 heterocycles. The van der Waals surface area contributed by atoms with Gasteiger partial charge in [-0.25, -0.2) is 0 Å². The quantitative estimate of drug-likeness (QED) is 0.275. The highest BCUT2D eigenvalue weighted by Gasteiger charge is 2.14. The summed E-state index contributed by atoms with van der Waals surface area (Å²) in [5, 5.41) is 19.3. The van der Waals surface area contributed by atoms with Crippen molar-refractivity contribution in [2.75, 3.05) is 0 Å². The van der Waals surface area contributed by atoms with Gasteiger partial charge >= 0.3 is 5.97 Å². The van der Waals surface area contributed by atoms with Crippen molar-refractivity contribution in [1.82, 2.24) is 0 Å². The van der Waals surface area contributed by atoms with Gasteiger partial charge < -0.3 is 21.8 Å². The molecule has 0 saturated carbocycles. The molecule has 18 heavy (non-hydrogen) atoms. The Labute approximate surface area is 106 Å². The van der Waals surface area contributed by atoms with Gasteiger partial charge in [-0.3, -0.25) is 4.79 Å². The standard InChI is InChI=1S/C7H8N2O.C5H11NO2/c8-7(9-10)6-4-2-1-3-5-6;1-3(2)4(6)5(7)8/h1-5,10H,(H2,8,9);3-4H,6H2,1-2H3,(H,7,8). The van der Waals surface area contributed by atoms with E-state index in [1.165, 1.54) is 0 Å². The average Bonchev–Trinajstić information content (AvgIpc) is 2.38. The number of rotatable bonds is 3. The number of carbonyl (C=O) groups is 1. The predicted octanol–water partition coefficient (Wildman–Crippen LogP) is 0.835. The fourth-order valence-corrected chi connectivity index (χ4v) is 0.952. The van der Waals surface area contributed by atoms with Crippen LogP contribution in [0.3, 0.4) is 0 Å². The summed E-state index contributed by atoms with van der Waals surface area (Å²) in [7, 11) is 0. The minimum absolute atomic E-state index is 0.0208. The van der Waals surface area contributed by atoms with E-state index >= 15 is 0 Å². The van der Waals surface area contributed by atoms with Crippen molar-refractivity contribution < 1.29 is 15.1 Å². The number of oxime groups is 1. The Morgan fingerprint density at radius 2 is 1.78 bits per heavy atom. The second-order valence-corrected chi connectivity index (χ2v) is 3.96. The smallest absolute Gasteiger partial charge is 0.320 e. The lowest BCUT2D eigenvalue weighted by Gasteiger charge is -2.07. The van der Waals surface area contributed by atoms with Crippen LogP contribution in [-0.2, 0) is 4.79 Å². The minimum Gasteiger partial charge on any atom is -0.480 e. The summed E-state index contributed by atoms with van der Waals surface area (Å²) < 4.78 is 0. The van der Waals surface area contributed by atoms with Gasteiger partial charge in [-0.05, 0) is 5.92 Å². The average molecular weight is 253 g/mol. The first-order chi connectivity index (χ1) is 8.40. The molecule has 0 aromatic heterocycles. The molecule has 100 valence electrons. The zero-order chi connectivity index (χ0) is 14.1. The Morgan fingerprint density at radius 3 is 2.06 bits per heavy atom. The third-order valence-electron chi connectivity index (χ3n) is 2.18. The van der Waals surface area contributed by atoms with Crippen molar-refractivity contribution in [3.63, 3.8) is 0 Å². The molecule has 1 unspecified atom stereocenters. The summed E-state index contributed by atoms with van der Waals surface area (Å²) in [6, 6.07) is 8.36. The zero-order valence-corrected chi connectivity index (χ0v) is 10.4. The number of carboxylic acid groups (broad SMARTS) is 1. The van der Waals surface area contributed by atoms with Crippen LogP contribution in [0.15, 0.2) is 35.5 Å². The van der Waals surface area contributed by atoms with E-state index in [-0.39, 0.29) is 11.8 Å². The number of aliphatic carboxylic acids is 1. The molecule has 0 radical (unpaired) electrons. The van der Waals surface area contributed by atoms with Crippen LogP contribution in [0.1, 0.15) is 19.4 Å². The number of hydrogen-bond donors (Lipinski definition) is 4. The first-order valence-corrected chi connectivity index (χ1v) is 5.41. The lowest BCUT2D eigenvalue weighted by Crippen LogP contribution is -2.34. The summed E-state index contributed by atoms with van der Waals surface area (Å²) in [6.45, 7) is 3.55. The molecule has 0 saturated heterocycles. The van der Waals surface area contributed by atoms with Gasteiger partial charge in [-0.15, -0.1) is 0 Å². The molecule has 0 spiro atoms. The van der Waals surface area contributed by atoms with Gasteiger partial charge in [0.2, 0.25) is 0 Å². The lowest BCUT2D eigenvalue weighted by molar-refractivity contribution is -0.139. The molecular formula is C12H19N3O3. The van der Waals surface area contributed by atoms with Crippen molar-refractivity contribution in [3.8, 4) is 0 Å². The van der Waals surface area contributed by atoms with Gasteiger partial charge in [0.25, 0.3) is 0 Å². The second-order valence-electron chi connectivity index (χ2n) is 3.96. The fraction of sp³-hybridized carbons (Fsp3) is 0.333. The maximum Gasteiger partial charge on any atom is 0.320 e. The molecule has 6 N–H and O–H groups in total. The van der Waals surface area contributed by atoms with E-state index in [1.54, 1.807) is 26.0 Å². The highest BCUT2D eigenvalue weighted by Crippen LogP contribution is 1.96. The molecule has 1 aromatic carbocycles. The summed E-state index contributed by atoms with van der Waals surface area (Å²) in [4.78, 5) is 10.0. The Kier molecular flexibility index (Phi) is 7.14. The number of carboxylic acids is 1. The Morgan fingerprint density at radius 1 is 1.28 bits per heavy atom. The first-order valence-electron chi connectivity index (χ1n) is 5.41. The molecule has 0 fully saturated rings. The Balaban J connectivity index is 0.000000331. The minimum atomic E-state index is -0.931. The fourth-order valence-electron chi connectivity index (χ4n) is 0.952.